The number of rotatable bonds is 27. The maximum absolute atomic E-state index is 13.3. The van der Waals surface area contributed by atoms with E-state index in [1.807, 2.05) is 0 Å². The number of carbonyl (C=O) groups is 10. The zero-order valence-corrected chi connectivity index (χ0v) is 34.0. The summed E-state index contributed by atoms with van der Waals surface area (Å²) in [6, 6.07) is 2.13. The summed E-state index contributed by atoms with van der Waals surface area (Å²) < 4.78 is 0. The first kappa shape index (κ1) is 51.8. The number of aliphatic carboxylic acids is 1. The summed E-state index contributed by atoms with van der Waals surface area (Å²) in [5.41, 5.74) is 6.01. The van der Waals surface area contributed by atoms with E-state index in [9.17, 15) is 53.1 Å². The molecule has 0 unspecified atom stereocenters. The summed E-state index contributed by atoms with van der Waals surface area (Å²) in [6.45, 7) is 2.25. The largest absolute Gasteiger partial charge is 0.480 e. The first-order chi connectivity index (χ1) is 28.3. The number of nitrogens with two attached hydrogens (primary N) is 1. The Labute approximate surface area is 346 Å². The minimum absolute atomic E-state index is 0.0199. The molecule has 0 aliphatic rings. The van der Waals surface area contributed by atoms with Crippen molar-refractivity contribution in [1.29, 1.82) is 0 Å². The van der Waals surface area contributed by atoms with E-state index in [1.165, 1.54) is 0 Å². The normalized spacial score (nSPS) is 13.7. The van der Waals surface area contributed by atoms with Gasteiger partial charge in [0.2, 0.25) is 53.2 Å². The average Bonchev–Trinajstić information content (AvgIpc) is 3.21. The summed E-state index contributed by atoms with van der Waals surface area (Å²) in [5, 5.41) is 48.7. The highest BCUT2D eigenvalue weighted by molar-refractivity contribution is 5.96. The molecule has 334 valence electrons. The summed E-state index contributed by atoms with van der Waals surface area (Å²) in [6.07, 6.45) is 0.504. The number of hydrogen-bond donors (Lipinski definition) is 13. The van der Waals surface area contributed by atoms with Gasteiger partial charge in [-0.15, -0.1) is 0 Å². The molecule has 9 amide bonds. The van der Waals surface area contributed by atoms with Gasteiger partial charge in [0.1, 0.15) is 36.8 Å². The Morgan fingerprint density at radius 2 is 1.05 bits per heavy atom. The van der Waals surface area contributed by atoms with Crippen LogP contribution in [-0.2, 0) is 54.4 Å². The van der Waals surface area contributed by atoms with Crippen LogP contribution in [0, 0.1) is 11.8 Å². The fourth-order valence-electron chi connectivity index (χ4n) is 5.12. The smallest absolute Gasteiger partial charge is 0.322 e. The number of carboxylic acid groups (broad SMARTS) is 1. The molecule has 0 bridgehead atoms. The van der Waals surface area contributed by atoms with E-state index >= 15 is 0 Å². The van der Waals surface area contributed by atoms with Crippen LogP contribution >= 0.6 is 0 Å². The van der Waals surface area contributed by atoms with E-state index in [-0.39, 0.29) is 18.8 Å². The number of aliphatic hydroxyl groups excluding tert-OH is 2. The molecular weight excluding hydrogens is 792 g/mol. The van der Waals surface area contributed by atoms with E-state index in [1.54, 1.807) is 58.0 Å². The topological polar surface area (TPSA) is 366 Å². The van der Waals surface area contributed by atoms with Gasteiger partial charge >= 0.3 is 5.97 Å². The highest BCUT2D eigenvalue weighted by Gasteiger charge is 2.31. The molecule has 0 aromatic heterocycles. The number of carbonyl (C=O) groups excluding carboxylic acids is 9. The Balaban J connectivity index is 2.88. The predicted molar refractivity (Wildman–Crippen MR) is 212 cm³/mol. The van der Waals surface area contributed by atoms with Crippen LogP contribution in [0.25, 0.3) is 0 Å². The number of hydrogen-bond acceptors (Lipinski definition) is 13. The van der Waals surface area contributed by atoms with Crippen LogP contribution in [0.4, 0.5) is 0 Å². The maximum Gasteiger partial charge on any atom is 0.322 e. The van der Waals surface area contributed by atoms with Crippen molar-refractivity contribution in [3.05, 3.63) is 35.9 Å². The second-order valence-corrected chi connectivity index (χ2v) is 14.1. The highest BCUT2D eigenvalue weighted by atomic mass is 16.4. The van der Waals surface area contributed by atoms with Crippen molar-refractivity contribution in [3.8, 4) is 0 Å². The first-order valence-electron chi connectivity index (χ1n) is 19.1. The van der Waals surface area contributed by atoms with E-state index < -0.39 is 141 Å². The van der Waals surface area contributed by atoms with E-state index in [4.69, 9.17) is 15.9 Å². The number of nitrogens with one attached hydrogen (secondary N) is 9. The molecule has 14 N–H and O–H groups in total. The molecular formula is C37H58N10O13. The summed E-state index contributed by atoms with van der Waals surface area (Å²) in [7, 11) is 0. The predicted octanol–water partition coefficient (Wildman–Crippen LogP) is -5.76. The van der Waals surface area contributed by atoms with Gasteiger partial charge in [0.05, 0.1) is 39.4 Å². The summed E-state index contributed by atoms with van der Waals surface area (Å²) in [4.78, 5) is 125. The van der Waals surface area contributed by atoms with Crippen molar-refractivity contribution in [2.45, 2.75) is 77.2 Å². The molecule has 0 fully saturated rings. The third-order valence-electron chi connectivity index (χ3n) is 8.58. The van der Waals surface area contributed by atoms with Gasteiger partial charge < -0.3 is 68.9 Å². The Kier molecular flexibility index (Phi) is 23.7. The highest BCUT2D eigenvalue weighted by Crippen LogP contribution is 2.09. The van der Waals surface area contributed by atoms with Crippen molar-refractivity contribution in [2.24, 2.45) is 17.6 Å². The van der Waals surface area contributed by atoms with Gasteiger partial charge in [0.25, 0.3) is 0 Å². The lowest BCUT2D eigenvalue weighted by molar-refractivity contribution is -0.138. The molecule has 6 atom stereocenters. The minimum Gasteiger partial charge on any atom is -0.480 e. The SMILES string of the molecule is CC[C@H](C)[C@H](NC(=O)CNC(=O)[C@H](Cc1ccccc1)NC(=O)CNC(=O)CNC(=O)[C@@H](N)CO)C(=O)N[C@@H](CO)C(=O)NCC(=O)N[C@@H](CC(C)C)C(=O)NCC(=O)O. The van der Waals surface area contributed by atoms with Crippen molar-refractivity contribution >= 4 is 59.1 Å². The number of benzene rings is 1. The van der Waals surface area contributed by atoms with Gasteiger partial charge in [-0.2, -0.15) is 0 Å². The standard InChI is InChI=1S/C37H58N10O13/c1-5-21(4)32(37(60)46-26(19-49)36(59)42-15-29(52)44-24(11-20(2)3)34(57)43-17-31(54)55)47-30(53)16-41-35(58)25(12-22-9-7-6-8-10-22)45-28(51)14-39-27(50)13-40-33(56)23(38)18-48/h6-10,20-21,23-26,32,48-49H,5,11-19,38H2,1-4H3,(H,39,50)(H,40,56)(H,41,58)(H,42,59)(H,43,57)(H,44,52)(H,45,51)(H,46,60)(H,47,53)(H,54,55)/t21-,23-,24-,25-,26-,32-/m0/s1. The molecule has 60 heavy (non-hydrogen) atoms. The molecule has 0 aliphatic carbocycles. The number of carboxylic acids is 1. The molecule has 0 aliphatic heterocycles. The van der Waals surface area contributed by atoms with Crippen LogP contribution in [0.1, 0.15) is 46.1 Å². The van der Waals surface area contributed by atoms with Gasteiger partial charge in [0.15, 0.2) is 0 Å². The van der Waals surface area contributed by atoms with Crippen LogP contribution < -0.4 is 53.6 Å². The molecule has 0 heterocycles. The second-order valence-electron chi connectivity index (χ2n) is 14.1. The molecule has 23 heteroatoms. The van der Waals surface area contributed by atoms with Gasteiger partial charge in [-0.1, -0.05) is 64.4 Å². The first-order valence-corrected chi connectivity index (χ1v) is 19.1. The van der Waals surface area contributed by atoms with Crippen molar-refractivity contribution in [3.63, 3.8) is 0 Å². The van der Waals surface area contributed by atoms with Crippen molar-refractivity contribution < 1.29 is 63.3 Å². The van der Waals surface area contributed by atoms with E-state index in [0.717, 1.165) is 0 Å². The lowest BCUT2D eigenvalue weighted by Crippen LogP contribution is -2.58. The van der Waals surface area contributed by atoms with Crippen LogP contribution in [-0.4, -0.2) is 151 Å². The minimum atomic E-state index is -1.57. The number of aliphatic hydroxyl groups is 2. The fraction of sp³-hybridized carbons (Fsp3) is 0.568. The summed E-state index contributed by atoms with van der Waals surface area (Å²) >= 11 is 0. The van der Waals surface area contributed by atoms with Crippen LogP contribution in [0.2, 0.25) is 0 Å². The van der Waals surface area contributed by atoms with Gasteiger partial charge in [-0.3, -0.25) is 47.9 Å². The van der Waals surface area contributed by atoms with Crippen LogP contribution in [0.3, 0.4) is 0 Å². The molecule has 0 saturated carbocycles. The molecule has 1 aromatic carbocycles. The monoisotopic (exact) mass is 850 g/mol. The van der Waals surface area contributed by atoms with E-state index in [2.05, 4.69) is 47.9 Å². The molecule has 1 rings (SSSR count). The van der Waals surface area contributed by atoms with E-state index in [0.29, 0.717) is 12.0 Å². The molecule has 0 saturated heterocycles. The van der Waals surface area contributed by atoms with Gasteiger partial charge in [-0.25, -0.2) is 0 Å². The van der Waals surface area contributed by atoms with Crippen LogP contribution in [0.5, 0.6) is 0 Å². The van der Waals surface area contributed by atoms with Gasteiger partial charge in [0, 0.05) is 6.42 Å². The third kappa shape index (κ3) is 20.5. The molecule has 0 radical (unpaired) electrons. The second kappa shape index (κ2) is 27.5. The molecule has 1 aromatic rings. The fourth-order valence-corrected chi connectivity index (χ4v) is 5.12. The Hall–Kier alpha value is -6.20. The van der Waals surface area contributed by atoms with Gasteiger partial charge in [-0.05, 0) is 23.8 Å². The Bertz CT molecular complexity index is 1650. The van der Waals surface area contributed by atoms with Crippen molar-refractivity contribution in [1.82, 2.24) is 47.9 Å². The zero-order chi connectivity index (χ0) is 45.4. The molecule has 23 nitrogen and oxygen atoms in total. The zero-order valence-electron chi connectivity index (χ0n) is 34.0. The Morgan fingerprint density at radius 1 is 0.567 bits per heavy atom. The average molecular weight is 851 g/mol. The quantitative estimate of drug-likeness (QED) is 0.0393. The Morgan fingerprint density at radius 3 is 1.58 bits per heavy atom. The third-order valence-corrected chi connectivity index (χ3v) is 8.58. The lowest BCUT2D eigenvalue weighted by Gasteiger charge is -2.26. The van der Waals surface area contributed by atoms with Crippen molar-refractivity contribution in [2.75, 3.05) is 45.9 Å². The molecule has 0 spiro atoms. The summed E-state index contributed by atoms with van der Waals surface area (Å²) in [5.74, 6) is -9.22. The lowest BCUT2D eigenvalue weighted by atomic mass is 9.98. The van der Waals surface area contributed by atoms with Crippen LogP contribution in [0.15, 0.2) is 30.3 Å². The maximum atomic E-state index is 13.3. The number of amides is 9.